The molecule has 0 aliphatic carbocycles. The third-order valence-electron chi connectivity index (χ3n) is 4.14. The van der Waals surface area contributed by atoms with Gasteiger partial charge in [0, 0.05) is 11.6 Å². The van der Waals surface area contributed by atoms with Crippen LogP contribution in [0.1, 0.15) is 31.9 Å². The fourth-order valence-corrected chi connectivity index (χ4v) is 2.81. The van der Waals surface area contributed by atoms with Crippen LogP contribution in [0.2, 0.25) is 0 Å². The number of hydrogen-bond acceptors (Lipinski definition) is 1. The lowest BCUT2D eigenvalue weighted by molar-refractivity contribution is -0.136. The predicted molar refractivity (Wildman–Crippen MR) is 90.9 cm³/mol. The molecule has 1 heterocycles. The highest BCUT2D eigenvalue weighted by molar-refractivity contribution is 5.96. The van der Waals surface area contributed by atoms with Gasteiger partial charge in [-0.25, -0.2) is 0 Å². The largest absolute Gasteiger partial charge is 0.418 e. The number of halogens is 3. The minimum absolute atomic E-state index is 0.0117. The molecule has 0 aliphatic rings. The van der Waals surface area contributed by atoms with Gasteiger partial charge in [-0.05, 0) is 34.2 Å². The topological polar surface area (TPSA) is 12.9 Å². The maximum atomic E-state index is 13.2. The normalized spacial score (nSPS) is 12.6. The molecule has 124 valence electrons. The van der Waals surface area contributed by atoms with Gasteiger partial charge in [0.15, 0.2) is 0 Å². The van der Waals surface area contributed by atoms with Crippen LogP contribution in [0.3, 0.4) is 0 Å². The maximum absolute atomic E-state index is 13.2. The Labute approximate surface area is 139 Å². The second-order valence-corrected chi connectivity index (χ2v) is 6.89. The van der Waals surface area contributed by atoms with Gasteiger partial charge in [0.25, 0.3) is 0 Å². The zero-order chi connectivity index (χ0) is 17.5. The molecule has 0 amide bonds. The SMILES string of the molecule is CC(C)(C)c1ccc(-c2ccnc3c(C(F)(F)F)cccc23)cc1. The molecular formula is C20H18F3N. The van der Waals surface area contributed by atoms with E-state index in [1.54, 1.807) is 12.1 Å². The van der Waals surface area contributed by atoms with Crippen LogP contribution in [-0.2, 0) is 11.6 Å². The van der Waals surface area contributed by atoms with Crippen molar-refractivity contribution in [3.8, 4) is 11.1 Å². The van der Waals surface area contributed by atoms with Crippen LogP contribution in [0.5, 0.6) is 0 Å². The Morgan fingerprint density at radius 1 is 0.833 bits per heavy atom. The minimum Gasteiger partial charge on any atom is -0.256 e. The molecule has 1 nitrogen and oxygen atoms in total. The molecular weight excluding hydrogens is 311 g/mol. The van der Waals surface area contributed by atoms with Crippen LogP contribution in [0.4, 0.5) is 13.2 Å². The first-order valence-electron chi connectivity index (χ1n) is 7.74. The Kier molecular flexibility index (Phi) is 3.86. The van der Waals surface area contributed by atoms with E-state index in [1.165, 1.54) is 17.8 Å². The lowest BCUT2D eigenvalue weighted by Crippen LogP contribution is -2.10. The molecule has 24 heavy (non-hydrogen) atoms. The van der Waals surface area contributed by atoms with Crippen molar-refractivity contribution in [3.63, 3.8) is 0 Å². The molecule has 3 rings (SSSR count). The van der Waals surface area contributed by atoms with E-state index >= 15 is 0 Å². The average Bonchev–Trinajstić information content (AvgIpc) is 2.52. The molecule has 0 atom stereocenters. The molecule has 0 aliphatic heterocycles. The molecule has 0 bridgehead atoms. The molecule has 0 saturated carbocycles. The summed E-state index contributed by atoms with van der Waals surface area (Å²) >= 11 is 0. The monoisotopic (exact) mass is 329 g/mol. The maximum Gasteiger partial charge on any atom is 0.418 e. The summed E-state index contributed by atoms with van der Waals surface area (Å²) in [6.45, 7) is 6.37. The van der Waals surface area contributed by atoms with E-state index < -0.39 is 11.7 Å². The number of aromatic nitrogens is 1. The van der Waals surface area contributed by atoms with Crippen LogP contribution in [-0.4, -0.2) is 4.98 Å². The van der Waals surface area contributed by atoms with Crippen molar-refractivity contribution in [2.75, 3.05) is 0 Å². The average molecular weight is 329 g/mol. The van der Waals surface area contributed by atoms with Crippen LogP contribution >= 0.6 is 0 Å². The van der Waals surface area contributed by atoms with E-state index in [-0.39, 0.29) is 10.9 Å². The molecule has 4 heteroatoms. The first-order valence-corrected chi connectivity index (χ1v) is 7.74. The van der Waals surface area contributed by atoms with Gasteiger partial charge in [0.1, 0.15) is 0 Å². The quantitative estimate of drug-likeness (QED) is 0.516. The lowest BCUT2D eigenvalue weighted by atomic mass is 9.86. The molecule has 0 fully saturated rings. The van der Waals surface area contributed by atoms with E-state index in [0.29, 0.717) is 5.39 Å². The van der Waals surface area contributed by atoms with Gasteiger partial charge in [-0.1, -0.05) is 57.2 Å². The van der Waals surface area contributed by atoms with Gasteiger partial charge in [-0.15, -0.1) is 0 Å². The Balaban J connectivity index is 2.17. The zero-order valence-electron chi connectivity index (χ0n) is 13.8. The molecule has 0 radical (unpaired) electrons. The zero-order valence-corrected chi connectivity index (χ0v) is 13.8. The van der Waals surface area contributed by atoms with E-state index in [1.807, 2.05) is 24.3 Å². The van der Waals surface area contributed by atoms with Crippen molar-refractivity contribution in [1.82, 2.24) is 4.98 Å². The van der Waals surface area contributed by atoms with E-state index in [4.69, 9.17) is 0 Å². The number of alkyl halides is 3. The van der Waals surface area contributed by atoms with Gasteiger partial charge in [-0.2, -0.15) is 13.2 Å². The van der Waals surface area contributed by atoms with Crippen molar-refractivity contribution in [1.29, 1.82) is 0 Å². The van der Waals surface area contributed by atoms with E-state index in [0.717, 1.165) is 17.2 Å². The fraction of sp³-hybridized carbons (Fsp3) is 0.250. The summed E-state index contributed by atoms with van der Waals surface area (Å²) in [5, 5.41) is 0.510. The Hall–Kier alpha value is -2.36. The second kappa shape index (κ2) is 5.62. The number of benzene rings is 2. The number of nitrogens with zero attached hydrogens (tertiary/aromatic N) is 1. The lowest BCUT2D eigenvalue weighted by Gasteiger charge is -2.19. The Morgan fingerprint density at radius 2 is 1.50 bits per heavy atom. The van der Waals surface area contributed by atoms with Crippen LogP contribution in [0.15, 0.2) is 54.7 Å². The Morgan fingerprint density at radius 3 is 2.08 bits per heavy atom. The molecule has 0 unspecified atom stereocenters. The highest BCUT2D eigenvalue weighted by Gasteiger charge is 2.33. The highest BCUT2D eigenvalue weighted by atomic mass is 19.4. The standard InChI is InChI=1S/C20H18F3N/c1-19(2,3)14-9-7-13(8-10-14)15-11-12-24-18-16(15)5-4-6-17(18)20(21,22)23/h4-12H,1-3H3. The van der Waals surface area contributed by atoms with Gasteiger partial charge >= 0.3 is 6.18 Å². The summed E-state index contributed by atoms with van der Waals surface area (Å²) < 4.78 is 39.6. The summed E-state index contributed by atoms with van der Waals surface area (Å²) in [5.74, 6) is 0. The van der Waals surface area contributed by atoms with Crippen molar-refractivity contribution >= 4 is 10.9 Å². The first-order chi connectivity index (χ1) is 11.2. The molecule has 3 aromatic rings. The predicted octanol–water partition coefficient (Wildman–Crippen LogP) is 6.22. The van der Waals surface area contributed by atoms with Crippen LogP contribution < -0.4 is 0 Å². The second-order valence-electron chi connectivity index (χ2n) is 6.89. The number of fused-ring (bicyclic) bond motifs is 1. The smallest absolute Gasteiger partial charge is 0.256 e. The third-order valence-corrected chi connectivity index (χ3v) is 4.14. The Bertz CT molecular complexity index is 872. The van der Waals surface area contributed by atoms with Crippen molar-refractivity contribution in [2.45, 2.75) is 32.4 Å². The van der Waals surface area contributed by atoms with Crippen LogP contribution in [0, 0.1) is 0 Å². The summed E-state index contributed by atoms with van der Waals surface area (Å²) in [7, 11) is 0. The summed E-state index contributed by atoms with van der Waals surface area (Å²) in [4.78, 5) is 3.97. The van der Waals surface area contributed by atoms with Crippen molar-refractivity contribution < 1.29 is 13.2 Å². The third kappa shape index (κ3) is 3.01. The molecule has 0 N–H and O–H groups in total. The number of hydrogen-bond donors (Lipinski definition) is 0. The van der Waals surface area contributed by atoms with Gasteiger partial charge in [0.2, 0.25) is 0 Å². The summed E-state index contributed by atoms with van der Waals surface area (Å²) in [6, 6.07) is 13.9. The number of pyridine rings is 1. The van der Waals surface area contributed by atoms with Gasteiger partial charge < -0.3 is 0 Å². The van der Waals surface area contributed by atoms with Crippen LogP contribution in [0.25, 0.3) is 22.0 Å². The first kappa shape index (κ1) is 16.5. The summed E-state index contributed by atoms with van der Waals surface area (Å²) in [5.41, 5.74) is 2.14. The van der Waals surface area contributed by atoms with Crippen molar-refractivity contribution in [2.24, 2.45) is 0 Å². The van der Waals surface area contributed by atoms with E-state index in [2.05, 4.69) is 25.8 Å². The molecule has 0 saturated heterocycles. The fourth-order valence-electron chi connectivity index (χ4n) is 2.81. The van der Waals surface area contributed by atoms with E-state index in [9.17, 15) is 13.2 Å². The number of rotatable bonds is 1. The molecule has 2 aromatic carbocycles. The summed E-state index contributed by atoms with van der Waals surface area (Å²) in [6.07, 6.45) is -2.98. The highest BCUT2D eigenvalue weighted by Crippen LogP contribution is 2.37. The van der Waals surface area contributed by atoms with Gasteiger partial charge in [0.05, 0.1) is 11.1 Å². The number of para-hydroxylation sites is 1. The minimum atomic E-state index is -4.42. The van der Waals surface area contributed by atoms with Crippen molar-refractivity contribution in [3.05, 3.63) is 65.9 Å². The molecule has 1 aromatic heterocycles. The van der Waals surface area contributed by atoms with Gasteiger partial charge in [-0.3, -0.25) is 4.98 Å². The molecule has 0 spiro atoms.